The molecule has 4 rings (SSSR count). The average molecular weight is 368 g/mol. The normalized spacial score (nSPS) is 15.3. The quantitative estimate of drug-likeness (QED) is 0.708. The van der Waals surface area contributed by atoms with Gasteiger partial charge in [0.25, 0.3) is 5.91 Å². The van der Waals surface area contributed by atoms with Crippen molar-refractivity contribution in [3.05, 3.63) is 58.1 Å². The van der Waals surface area contributed by atoms with Crippen LogP contribution in [0.3, 0.4) is 0 Å². The number of benzene rings is 1. The van der Waals surface area contributed by atoms with Crippen molar-refractivity contribution in [2.24, 2.45) is 0 Å². The van der Waals surface area contributed by atoms with Crippen molar-refractivity contribution in [3.8, 4) is 11.4 Å². The fourth-order valence-electron chi connectivity index (χ4n) is 3.11. The van der Waals surface area contributed by atoms with Gasteiger partial charge in [-0.25, -0.2) is 0 Å². The van der Waals surface area contributed by atoms with Gasteiger partial charge in [-0.2, -0.15) is 16.3 Å². The molecule has 1 amide bonds. The van der Waals surface area contributed by atoms with Gasteiger partial charge in [0.15, 0.2) is 0 Å². The van der Waals surface area contributed by atoms with E-state index in [1.807, 2.05) is 52.9 Å². The molecule has 0 spiro atoms. The summed E-state index contributed by atoms with van der Waals surface area (Å²) < 4.78 is 5.37. The first-order valence-corrected chi connectivity index (χ1v) is 9.57. The Bertz CT molecular complexity index is 883. The predicted molar refractivity (Wildman–Crippen MR) is 100.0 cm³/mol. The molecule has 3 heterocycles. The molecule has 0 bridgehead atoms. The van der Waals surface area contributed by atoms with E-state index in [4.69, 9.17) is 4.52 Å². The molecule has 0 saturated carbocycles. The minimum atomic E-state index is 0.111. The first kappa shape index (κ1) is 16.9. The van der Waals surface area contributed by atoms with Crippen molar-refractivity contribution in [3.63, 3.8) is 0 Å². The summed E-state index contributed by atoms with van der Waals surface area (Å²) in [5.74, 6) is 1.36. The lowest BCUT2D eigenvalue weighted by atomic mass is 10.1. The van der Waals surface area contributed by atoms with Crippen LogP contribution in [0.1, 0.15) is 21.8 Å². The van der Waals surface area contributed by atoms with Crippen molar-refractivity contribution in [1.29, 1.82) is 0 Å². The summed E-state index contributed by atoms with van der Waals surface area (Å²) in [6.45, 7) is 5.60. The molecule has 134 valence electrons. The Kier molecular flexibility index (Phi) is 4.81. The van der Waals surface area contributed by atoms with Crippen molar-refractivity contribution >= 4 is 17.2 Å². The fraction of sp³-hybridized carbons (Fsp3) is 0.316. The van der Waals surface area contributed by atoms with Gasteiger partial charge >= 0.3 is 0 Å². The summed E-state index contributed by atoms with van der Waals surface area (Å²) in [6.07, 6.45) is 0. The second-order valence-corrected chi connectivity index (χ2v) is 7.19. The van der Waals surface area contributed by atoms with E-state index in [9.17, 15) is 4.79 Å². The van der Waals surface area contributed by atoms with Gasteiger partial charge in [0, 0.05) is 42.7 Å². The van der Waals surface area contributed by atoms with Gasteiger partial charge in [-0.15, -0.1) is 0 Å². The van der Waals surface area contributed by atoms with Gasteiger partial charge in [-0.05, 0) is 30.0 Å². The lowest BCUT2D eigenvalue weighted by Gasteiger charge is -2.34. The van der Waals surface area contributed by atoms with Crippen LogP contribution in [-0.2, 0) is 6.54 Å². The van der Waals surface area contributed by atoms with Gasteiger partial charge in [0.05, 0.1) is 6.54 Å². The fourth-order valence-corrected chi connectivity index (χ4v) is 3.75. The number of nitrogens with zero attached hydrogens (tertiary/aromatic N) is 4. The second-order valence-electron chi connectivity index (χ2n) is 6.41. The first-order valence-electron chi connectivity index (χ1n) is 8.63. The minimum absolute atomic E-state index is 0.111. The standard InChI is InChI=1S/C19H20N4O2S/c1-14-4-2-3-5-16(14)19(24)23-9-7-22(8-10-23)12-17-20-18(21-25-17)15-6-11-26-13-15/h2-6,11,13H,7-10,12H2,1H3. The third-order valence-electron chi connectivity index (χ3n) is 4.64. The van der Waals surface area contributed by atoms with E-state index in [1.165, 1.54) is 0 Å². The van der Waals surface area contributed by atoms with Crippen LogP contribution in [0.25, 0.3) is 11.4 Å². The summed E-state index contributed by atoms with van der Waals surface area (Å²) in [5, 5.41) is 8.05. The maximum atomic E-state index is 12.7. The van der Waals surface area contributed by atoms with E-state index < -0.39 is 0 Å². The van der Waals surface area contributed by atoms with Crippen molar-refractivity contribution in [1.82, 2.24) is 19.9 Å². The van der Waals surface area contributed by atoms with E-state index in [1.54, 1.807) is 11.3 Å². The summed E-state index contributed by atoms with van der Waals surface area (Å²) >= 11 is 1.61. The summed E-state index contributed by atoms with van der Waals surface area (Å²) in [5.41, 5.74) is 2.80. The molecule has 6 nitrogen and oxygen atoms in total. The molecule has 0 radical (unpaired) electrons. The molecule has 26 heavy (non-hydrogen) atoms. The van der Waals surface area contributed by atoms with Crippen molar-refractivity contribution < 1.29 is 9.32 Å². The molecular weight excluding hydrogens is 348 g/mol. The average Bonchev–Trinajstić information content (AvgIpc) is 3.34. The molecule has 2 aromatic heterocycles. The highest BCUT2D eigenvalue weighted by molar-refractivity contribution is 7.08. The third kappa shape index (κ3) is 3.54. The van der Waals surface area contributed by atoms with Gasteiger partial charge < -0.3 is 9.42 Å². The molecule has 1 aliphatic heterocycles. The first-order chi connectivity index (χ1) is 12.7. The number of carbonyl (C=O) groups excluding carboxylic acids is 1. The van der Waals surface area contributed by atoms with E-state index in [0.29, 0.717) is 31.3 Å². The third-order valence-corrected chi connectivity index (χ3v) is 5.32. The zero-order valence-electron chi connectivity index (χ0n) is 14.6. The number of aryl methyl sites for hydroxylation is 1. The molecule has 3 aromatic rings. The lowest BCUT2D eigenvalue weighted by Crippen LogP contribution is -2.48. The topological polar surface area (TPSA) is 62.5 Å². The maximum absolute atomic E-state index is 12.7. The number of amides is 1. The predicted octanol–water partition coefficient (Wildman–Crippen LogP) is 3.06. The highest BCUT2D eigenvalue weighted by Gasteiger charge is 2.24. The van der Waals surface area contributed by atoms with Crippen LogP contribution >= 0.6 is 11.3 Å². The molecule has 0 N–H and O–H groups in total. The van der Waals surface area contributed by atoms with Gasteiger partial charge in [0.2, 0.25) is 11.7 Å². The highest BCUT2D eigenvalue weighted by Crippen LogP contribution is 2.19. The second kappa shape index (κ2) is 7.39. The highest BCUT2D eigenvalue weighted by atomic mass is 32.1. The van der Waals surface area contributed by atoms with Gasteiger partial charge in [0.1, 0.15) is 0 Å². The molecule has 1 aliphatic rings. The van der Waals surface area contributed by atoms with E-state index in [-0.39, 0.29) is 5.91 Å². The van der Waals surface area contributed by atoms with Crippen LogP contribution in [0.4, 0.5) is 0 Å². The number of rotatable bonds is 4. The molecule has 0 aliphatic carbocycles. The molecule has 7 heteroatoms. The van der Waals surface area contributed by atoms with E-state index >= 15 is 0 Å². The zero-order chi connectivity index (χ0) is 17.9. The molecule has 1 aromatic carbocycles. The van der Waals surface area contributed by atoms with Crippen LogP contribution in [0.15, 0.2) is 45.6 Å². The largest absolute Gasteiger partial charge is 0.338 e. The Morgan fingerprint density at radius 1 is 1.19 bits per heavy atom. The Hall–Kier alpha value is -2.51. The Morgan fingerprint density at radius 3 is 2.73 bits per heavy atom. The Morgan fingerprint density at radius 2 is 2.00 bits per heavy atom. The number of carbonyl (C=O) groups is 1. The Labute approximate surface area is 156 Å². The molecular formula is C19H20N4O2S. The maximum Gasteiger partial charge on any atom is 0.254 e. The smallest absolute Gasteiger partial charge is 0.254 e. The number of hydrogen-bond donors (Lipinski definition) is 0. The van der Waals surface area contributed by atoms with Gasteiger partial charge in [-0.3, -0.25) is 9.69 Å². The molecule has 1 fully saturated rings. The van der Waals surface area contributed by atoms with E-state index in [0.717, 1.165) is 29.8 Å². The number of piperazine rings is 1. The zero-order valence-corrected chi connectivity index (χ0v) is 15.4. The van der Waals surface area contributed by atoms with Crippen molar-refractivity contribution in [2.45, 2.75) is 13.5 Å². The van der Waals surface area contributed by atoms with Crippen LogP contribution < -0.4 is 0 Å². The summed E-state index contributed by atoms with van der Waals surface area (Å²) in [7, 11) is 0. The van der Waals surface area contributed by atoms with Crippen LogP contribution in [0.5, 0.6) is 0 Å². The molecule has 0 atom stereocenters. The number of hydrogen-bond acceptors (Lipinski definition) is 6. The van der Waals surface area contributed by atoms with Crippen LogP contribution in [0, 0.1) is 6.92 Å². The lowest BCUT2D eigenvalue weighted by molar-refractivity contribution is 0.0614. The molecule has 0 unspecified atom stereocenters. The number of aromatic nitrogens is 2. The minimum Gasteiger partial charge on any atom is -0.338 e. The van der Waals surface area contributed by atoms with E-state index in [2.05, 4.69) is 15.0 Å². The van der Waals surface area contributed by atoms with Gasteiger partial charge in [-0.1, -0.05) is 23.4 Å². The van der Waals surface area contributed by atoms with Crippen molar-refractivity contribution in [2.75, 3.05) is 26.2 Å². The summed E-state index contributed by atoms with van der Waals surface area (Å²) in [6, 6.07) is 9.73. The summed E-state index contributed by atoms with van der Waals surface area (Å²) in [4.78, 5) is 21.3. The monoisotopic (exact) mass is 368 g/mol. The van der Waals surface area contributed by atoms with Crippen LogP contribution in [0.2, 0.25) is 0 Å². The molecule has 1 saturated heterocycles. The SMILES string of the molecule is Cc1ccccc1C(=O)N1CCN(Cc2nc(-c3ccsc3)no2)CC1. The Balaban J connectivity index is 1.34. The van der Waals surface area contributed by atoms with Crippen LogP contribution in [-0.4, -0.2) is 52.0 Å². The number of thiophene rings is 1.